The molecule has 4 unspecified atom stereocenters. The number of carbonyl (C=O) groups is 1. The van der Waals surface area contributed by atoms with Crippen LogP contribution in [0.2, 0.25) is 0 Å². The van der Waals surface area contributed by atoms with Crippen LogP contribution < -0.4 is 5.11 Å². The first kappa shape index (κ1) is 20.3. The zero-order chi connectivity index (χ0) is 10.6. The summed E-state index contributed by atoms with van der Waals surface area (Å²) in [6.07, 6.45) is -8.08. The molecular formula is C6H13NO7Zn. The first-order valence-corrected chi connectivity index (χ1v) is 3.45. The molecule has 0 aliphatic heterocycles. The van der Waals surface area contributed by atoms with E-state index in [4.69, 9.17) is 25.5 Å². The summed E-state index contributed by atoms with van der Waals surface area (Å²) in [4.78, 5) is 9.98. The summed E-state index contributed by atoms with van der Waals surface area (Å²) in [5.41, 5.74) is 0. The smallest absolute Gasteiger partial charge is 0.693 e. The van der Waals surface area contributed by atoms with Crippen molar-refractivity contribution in [2.24, 2.45) is 0 Å². The third-order valence-corrected chi connectivity index (χ3v) is 1.50. The van der Waals surface area contributed by atoms with Crippen LogP contribution in [-0.4, -0.2) is 62.5 Å². The number of hydrogen-bond donors (Lipinski definition) is 5. The standard InChI is InChI=1S/C6H12O7.H2N.Zn/c7-1-2(8)3(9)4(10)5(11)6(12)13;;/h2-5,7-11H,1H2,(H,12,13);1H2;/q;-1;+2/p-1. The molecule has 0 rings (SSSR count). The second-order valence-corrected chi connectivity index (χ2v) is 2.49. The molecule has 0 fully saturated rings. The number of hydrogen-bond acceptors (Lipinski definition) is 7. The number of aliphatic hydroxyl groups is 5. The minimum absolute atomic E-state index is 0. The van der Waals surface area contributed by atoms with Crippen molar-refractivity contribution >= 4 is 5.97 Å². The van der Waals surface area contributed by atoms with Crippen molar-refractivity contribution in [3.8, 4) is 0 Å². The first-order valence-electron chi connectivity index (χ1n) is 3.45. The molecule has 9 heteroatoms. The van der Waals surface area contributed by atoms with Gasteiger partial charge in [-0.25, -0.2) is 0 Å². The van der Waals surface area contributed by atoms with Gasteiger partial charge in [0, 0.05) is 0 Å². The second-order valence-electron chi connectivity index (χ2n) is 2.49. The largest absolute Gasteiger partial charge is 2.00 e. The van der Waals surface area contributed by atoms with Crippen LogP contribution in [0.3, 0.4) is 0 Å². The molecule has 0 saturated carbocycles. The van der Waals surface area contributed by atoms with Gasteiger partial charge in [-0.2, -0.15) is 0 Å². The predicted molar refractivity (Wildman–Crippen MR) is 41.4 cm³/mol. The molecule has 0 heterocycles. The van der Waals surface area contributed by atoms with Gasteiger partial charge in [0.05, 0.1) is 12.6 Å². The Balaban J connectivity index is -0.000000720. The minimum Gasteiger partial charge on any atom is -0.693 e. The molecule has 0 aromatic heterocycles. The van der Waals surface area contributed by atoms with Crippen LogP contribution in [0.4, 0.5) is 0 Å². The number of carboxylic acid groups (broad SMARTS) is 1. The zero-order valence-electron chi connectivity index (χ0n) is 7.85. The molecule has 86 valence electrons. The SMILES string of the molecule is O=C([O-])C(O)C(O)C(O)C(O)CO.[NH2-].[Zn+2]. The third kappa shape index (κ3) is 6.11. The van der Waals surface area contributed by atoms with Crippen LogP contribution in [-0.2, 0) is 24.3 Å². The van der Waals surface area contributed by atoms with Gasteiger partial charge in [0.15, 0.2) is 0 Å². The van der Waals surface area contributed by atoms with E-state index in [1.54, 1.807) is 0 Å². The summed E-state index contributed by atoms with van der Waals surface area (Å²) in [5.74, 6) is -1.98. The number of aliphatic hydroxyl groups excluding tert-OH is 5. The van der Waals surface area contributed by atoms with E-state index in [0.717, 1.165) is 0 Å². The van der Waals surface area contributed by atoms with E-state index in [0.29, 0.717) is 0 Å². The third-order valence-electron chi connectivity index (χ3n) is 1.50. The molecule has 0 saturated heterocycles. The van der Waals surface area contributed by atoms with Gasteiger partial charge in [-0.15, -0.1) is 0 Å². The minimum atomic E-state index is -2.31. The van der Waals surface area contributed by atoms with E-state index in [1.807, 2.05) is 0 Å². The Kier molecular flexibility index (Phi) is 12.3. The molecule has 4 atom stereocenters. The Bertz CT molecular complexity index is 181. The number of nitrogens with two attached hydrogens (primary N) is 1. The predicted octanol–water partition coefficient (Wildman–Crippen LogP) is -4.11. The Morgan fingerprint density at radius 1 is 1.13 bits per heavy atom. The monoisotopic (exact) mass is 275 g/mol. The Hall–Kier alpha value is -0.147. The van der Waals surface area contributed by atoms with E-state index in [9.17, 15) is 9.90 Å². The Morgan fingerprint density at radius 2 is 1.53 bits per heavy atom. The summed E-state index contributed by atoms with van der Waals surface area (Å²) in [7, 11) is 0. The molecular weight excluding hydrogens is 263 g/mol. The van der Waals surface area contributed by atoms with Crippen molar-refractivity contribution < 1.29 is 54.9 Å². The van der Waals surface area contributed by atoms with Gasteiger partial charge in [0.25, 0.3) is 0 Å². The van der Waals surface area contributed by atoms with E-state index in [1.165, 1.54) is 0 Å². The van der Waals surface area contributed by atoms with Crippen molar-refractivity contribution in [1.82, 2.24) is 0 Å². The van der Waals surface area contributed by atoms with E-state index in [2.05, 4.69) is 0 Å². The fourth-order valence-electron chi connectivity index (χ4n) is 0.662. The average Bonchev–Trinajstić information content (AvgIpc) is 2.12. The van der Waals surface area contributed by atoms with Gasteiger partial charge in [-0.3, -0.25) is 0 Å². The van der Waals surface area contributed by atoms with Gasteiger partial charge < -0.3 is 41.6 Å². The van der Waals surface area contributed by atoms with Crippen LogP contribution in [0.5, 0.6) is 0 Å². The van der Waals surface area contributed by atoms with Crippen LogP contribution in [0.25, 0.3) is 6.15 Å². The van der Waals surface area contributed by atoms with E-state index >= 15 is 0 Å². The molecule has 0 aliphatic carbocycles. The molecule has 0 bridgehead atoms. The molecule has 0 aromatic rings. The summed E-state index contributed by atoms with van der Waals surface area (Å²) in [6.45, 7) is -0.863. The molecule has 0 aromatic carbocycles. The number of aliphatic carboxylic acids is 1. The van der Waals surface area contributed by atoms with Gasteiger partial charge in [-0.1, -0.05) is 0 Å². The number of carbonyl (C=O) groups excluding carboxylic acids is 1. The summed E-state index contributed by atoms with van der Waals surface area (Å²) < 4.78 is 0. The first-order chi connectivity index (χ1) is 5.91. The van der Waals surface area contributed by atoms with Gasteiger partial charge in [0.1, 0.15) is 24.4 Å². The van der Waals surface area contributed by atoms with Crippen LogP contribution in [0.1, 0.15) is 0 Å². The van der Waals surface area contributed by atoms with Crippen molar-refractivity contribution in [3.05, 3.63) is 6.15 Å². The van der Waals surface area contributed by atoms with Gasteiger partial charge in [0.2, 0.25) is 0 Å². The quantitative estimate of drug-likeness (QED) is 0.317. The fourth-order valence-corrected chi connectivity index (χ4v) is 0.662. The second kappa shape index (κ2) is 9.11. The normalized spacial score (nSPS) is 17.7. The topological polar surface area (TPSA) is 175 Å². The molecule has 0 radical (unpaired) electrons. The molecule has 0 aliphatic rings. The maximum Gasteiger partial charge on any atom is 2.00 e. The zero-order valence-corrected chi connectivity index (χ0v) is 10.8. The van der Waals surface area contributed by atoms with Crippen molar-refractivity contribution in [1.29, 1.82) is 0 Å². The molecule has 0 spiro atoms. The molecule has 15 heavy (non-hydrogen) atoms. The van der Waals surface area contributed by atoms with Crippen LogP contribution >= 0.6 is 0 Å². The van der Waals surface area contributed by atoms with Gasteiger partial charge >= 0.3 is 19.5 Å². The average molecular weight is 277 g/mol. The summed E-state index contributed by atoms with van der Waals surface area (Å²) in [5, 5.41) is 53.4. The Labute approximate surface area is 98.5 Å². The van der Waals surface area contributed by atoms with Crippen LogP contribution in [0, 0.1) is 0 Å². The van der Waals surface area contributed by atoms with E-state index < -0.39 is 37.0 Å². The summed E-state index contributed by atoms with van der Waals surface area (Å²) in [6, 6.07) is 0. The Morgan fingerprint density at radius 3 is 1.80 bits per heavy atom. The molecule has 0 amide bonds. The van der Waals surface area contributed by atoms with Crippen molar-refractivity contribution in [3.63, 3.8) is 0 Å². The number of carboxylic acids is 1. The van der Waals surface area contributed by atoms with Crippen LogP contribution in [0.15, 0.2) is 0 Å². The number of rotatable bonds is 5. The van der Waals surface area contributed by atoms with Crippen molar-refractivity contribution in [2.45, 2.75) is 24.4 Å². The van der Waals surface area contributed by atoms with Crippen molar-refractivity contribution in [2.75, 3.05) is 6.61 Å². The van der Waals surface area contributed by atoms with E-state index in [-0.39, 0.29) is 25.6 Å². The molecule has 7 N–H and O–H groups in total. The maximum atomic E-state index is 9.98. The van der Waals surface area contributed by atoms with Gasteiger partial charge in [-0.05, 0) is 0 Å². The maximum absolute atomic E-state index is 9.98. The fraction of sp³-hybridized carbons (Fsp3) is 0.833. The summed E-state index contributed by atoms with van der Waals surface area (Å²) >= 11 is 0. The molecule has 8 nitrogen and oxygen atoms in total.